The molecule has 0 aliphatic heterocycles. The molecule has 0 aliphatic carbocycles. The van der Waals surface area contributed by atoms with Gasteiger partial charge in [0.1, 0.15) is 5.69 Å². The fourth-order valence-electron chi connectivity index (χ4n) is 2.89. The van der Waals surface area contributed by atoms with E-state index in [2.05, 4.69) is 9.71 Å². The summed E-state index contributed by atoms with van der Waals surface area (Å²) in [5, 5.41) is -0.791. The molecule has 186 valence electrons. The summed E-state index contributed by atoms with van der Waals surface area (Å²) in [4.78, 5) is 16.3. The first kappa shape index (κ1) is 26.7. The van der Waals surface area contributed by atoms with E-state index in [-0.39, 0.29) is 16.3 Å². The van der Waals surface area contributed by atoms with Crippen LogP contribution in [0.3, 0.4) is 0 Å². The van der Waals surface area contributed by atoms with Crippen LogP contribution in [0.4, 0.5) is 24.5 Å². The molecule has 1 aromatic heterocycles. The van der Waals surface area contributed by atoms with Gasteiger partial charge in [-0.05, 0) is 36.4 Å². The molecule has 0 spiro atoms. The molecule has 3 rings (SSSR count). The van der Waals surface area contributed by atoms with E-state index in [1.807, 2.05) is 4.72 Å². The molecule has 0 atom stereocenters. The number of sulfonamides is 2. The number of aromatic nitrogens is 1. The number of ketones is 1. The lowest BCUT2D eigenvalue weighted by atomic mass is 10.0. The van der Waals surface area contributed by atoms with Gasteiger partial charge in [-0.15, -0.1) is 0 Å². The Kier molecular flexibility index (Phi) is 7.37. The molecule has 1 heterocycles. The highest BCUT2D eigenvalue weighted by Crippen LogP contribution is 2.36. The summed E-state index contributed by atoms with van der Waals surface area (Å²) >= 11 is 11.5. The molecule has 0 bridgehead atoms. The van der Waals surface area contributed by atoms with Crippen molar-refractivity contribution in [3.05, 3.63) is 81.6 Å². The first-order valence-corrected chi connectivity index (χ1v) is 13.4. The second kappa shape index (κ2) is 9.64. The molecule has 35 heavy (non-hydrogen) atoms. The third kappa shape index (κ3) is 6.42. The number of hydrogen-bond donors (Lipinski definition) is 2. The Balaban J connectivity index is 2.07. The molecule has 0 saturated carbocycles. The third-order valence-electron chi connectivity index (χ3n) is 4.33. The van der Waals surface area contributed by atoms with Crippen LogP contribution in [0.15, 0.2) is 59.6 Å². The third-order valence-corrected chi connectivity index (χ3v) is 6.82. The van der Waals surface area contributed by atoms with E-state index in [9.17, 15) is 34.8 Å². The molecule has 0 saturated heterocycles. The molecular formula is C20H14Cl2F3N3O5S2. The van der Waals surface area contributed by atoms with Gasteiger partial charge < -0.3 is 0 Å². The molecule has 0 aliphatic rings. The lowest BCUT2D eigenvalue weighted by Gasteiger charge is -2.15. The summed E-state index contributed by atoms with van der Waals surface area (Å²) in [5.41, 5.74) is -2.56. The standard InChI is InChI=1S/C20H14Cl2F3N3O5S2/c1-34(30,31)27-16-5-3-2-4-13(16)19(29)18-17(8-11(21)10-26-18)28-35(32,33)12-6-7-15(22)14(9-12)20(23,24)25/h2-10,27-28H,1H3. The smallest absolute Gasteiger partial charge is 0.287 e. The van der Waals surface area contributed by atoms with Gasteiger partial charge in [-0.25, -0.2) is 21.8 Å². The Labute approximate surface area is 208 Å². The average molecular weight is 568 g/mol. The highest BCUT2D eigenvalue weighted by molar-refractivity contribution is 7.92. The average Bonchev–Trinajstić information content (AvgIpc) is 2.71. The highest BCUT2D eigenvalue weighted by Gasteiger charge is 2.35. The van der Waals surface area contributed by atoms with E-state index in [1.165, 1.54) is 24.3 Å². The van der Waals surface area contributed by atoms with Crippen LogP contribution in [0, 0.1) is 0 Å². The first-order valence-electron chi connectivity index (χ1n) is 9.25. The van der Waals surface area contributed by atoms with Crippen LogP contribution < -0.4 is 9.44 Å². The minimum absolute atomic E-state index is 0.0890. The maximum absolute atomic E-state index is 13.2. The fourth-order valence-corrected chi connectivity index (χ4v) is 4.93. The zero-order chi connectivity index (χ0) is 26.2. The Morgan fingerprint density at radius 1 is 0.943 bits per heavy atom. The van der Waals surface area contributed by atoms with Gasteiger partial charge in [0.2, 0.25) is 15.8 Å². The molecule has 0 fully saturated rings. The van der Waals surface area contributed by atoms with Crippen molar-refractivity contribution in [1.29, 1.82) is 0 Å². The number of alkyl halides is 3. The highest BCUT2D eigenvalue weighted by atomic mass is 35.5. The van der Waals surface area contributed by atoms with Gasteiger partial charge in [-0.3, -0.25) is 14.2 Å². The molecule has 0 unspecified atom stereocenters. The maximum atomic E-state index is 13.2. The first-order chi connectivity index (χ1) is 16.1. The van der Waals surface area contributed by atoms with Crippen LogP contribution in [0.1, 0.15) is 21.6 Å². The van der Waals surface area contributed by atoms with Gasteiger partial charge in [-0.2, -0.15) is 13.2 Å². The molecular weight excluding hydrogens is 554 g/mol. The Morgan fingerprint density at radius 3 is 2.23 bits per heavy atom. The van der Waals surface area contributed by atoms with E-state index >= 15 is 0 Å². The van der Waals surface area contributed by atoms with Crippen LogP contribution in [-0.2, 0) is 26.2 Å². The predicted octanol–water partition coefficient (Wildman–Crippen LogP) is 4.81. The Morgan fingerprint density at radius 2 is 1.60 bits per heavy atom. The predicted molar refractivity (Wildman–Crippen MR) is 125 cm³/mol. The molecule has 3 aromatic rings. The van der Waals surface area contributed by atoms with Crippen molar-refractivity contribution in [2.24, 2.45) is 0 Å². The minimum atomic E-state index is -4.92. The van der Waals surface area contributed by atoms with Gasteiger partial charge >= 0.3 is 6.18 Å². The van der Waals surface area contributed by atoms with E-state index in [4.69, 9.17) is 23.2 Å². The minimum Gasteiger partial charge on any atom is -0.287 e. The molecule has 0 radical (unpaired) electrons. The lowest BCUT2D eigenvalue weighted by molar-refractivity contribution is -0.137. The molecule has 8 nitrogen and oxygen atoms in total. The van der Waals surface area contributed by atoms with E-state index in [0.29, 0.717) is 6.07 Å². The molecule has 2 N–H and O–H groups in total. The second-order valence-corrected chi connectivity index (χ2v) is 11.3. The summed E-state index contributed by atoms with van der Waals surface area (Å²) in [6.45, 7) is 0. The van der Waals surface area contributed by atoms with Crippen molar-refractivity contribution < 1.29 is 34.8 Å². The number of halogens is 5. The normalized spacial score (nSPS) is 12.3. The van der Waals surface area contributed by atoms with E-state index in [0.717, 1.165) is 30.7 Å². The summed E-state index contributed by atoms with van der Waals surface area (Å²) in [5.74, 6) is -0.891. The van der Waals surface area contributed by atoms with Crippen molar-refractivity contribution in [3.8, 4) is 0 Å². The zero-order valence-corrected chi connectivity index (χ0v) is 20.5. The number of rotatable bonds is 7. The zero-order valence-electron chi connectivity index (χ0n) is 17.4. The monoisotopic (exact) mass is 567 g/mol. The number of para-hydroxylation sites is 1. The van der Waals surface area contributed by atoms with Crippen LogP contribution in [0.5, 0.6) is 0 Å². The Hall–Kier alpha value is -2.87. The SMILES string of the molecule is CS(=O)(=O)Nc1ccccc1C(=O)c1ncc(Cl)cc1NS(=O)(=O)c1ccc(Cl)c(C(F)(F)F)c1. The fraction of sp³-hybridized carbons (Fsp3) is 0.100. The topological polar surface area (TPSA) is 122 Å². The van der Waals surface area contributed by atoms with Crippen LogP contribution >= 0.6 is 23.2 Å². The summed E-state index contributed by atoms with van der Waals surface area (Å²) in [6.07, 6.45) is -3.00. The van der Waals surface area contributed by atoms with E-state index < -0.39 is 58.9 Å². The van der Waals surface area contributed by atoms with Crippen LogP contribution in [-0.4, -0.2) is 33.9 Å². The molecule has 2 aromatic carbocycles. The quantitative estimate of drug-likeness (QED) is 0.395. The largest absolute Gasteiger partial charge is 0.417 e. The summed E-state index contributed by atoms with van der Waals surface area (Å²) in [6, 6.07) is 8.48. The summed E-state index contributed by atoms with van der Waals surface area (Å²) in [7, 11) is -8.45. The lowest BCUT2D eigenvalue weighted by Crippen LogP contribution is -2.19. The maximum Gasteiger partial charge on any atom is 0.417 e. The van der Waals surface area contributed by atoms with Gasteiger partial charge in [0.15, 0.2) is 0 Å². The van der Waals surface area contributed by atoms with Crippen LogP contribution in [0.25, 0.3) is 0 Å². The summed E-state index contributed by atoms with van der Waals surface area (Å²) < 4.78 is 92.8. The van der Waals surface area contributed by atoms with Crippen molar-refractivity contribution in [3.63, 3.8) is 0 Å². The van der Waals surface area contributed by atoms with Crippen LogP contribution in [0.2, 0.25) is 10.0 Å². The Bertz CT molecular complexity index is 1530. The van der Waals surface area contributed by atoms with E-state index in [1.54, 1.807) is 0 Å². The van der Waals surface area contributed by atoms with Gasteiger partial charge in [0, 0.05) is 11.8 Å². The second-order valence-electron chi connectivity index (χ2n) is 7.04. The number of hydrogen-bond acceptors (Lipinski definition) is 6. The number of benzene rings is 2. The van der Waals surface area contributed by atoms with Crippen molar-refractivity contribution in [2.45, 2.75) is 11.1 Å². The number of nitrogens with one attached hydrogen (secondary N) is 2. The number of nitrogens with zero attached hydrogens (tertiary/aromatic N) is 1. The van der Waals surface area contributed by atoms with Gasteiger partial charge in [-0.1, -0.05) is 35.3 Å². The van der Waals surface area contributed by atoms with Crippen molar-refractivity contribution >= 4 is 60.4 Å². The molecule has 0 amide bonds. The van der Waals surface area contributed by atoms with Gasteiger partial charge in [0.05, 0.1) is 38.1 Å². The van der Waals surface area contributed by atoms with Crippen molar-refractivity contribution in [1.82, 2.24) is 4.98 Å². The number of anilines is 2. The number of carbonyl (C=O) groups excluding carboxylic acids is 1. The number of carbonyl (C=O) groups is 1. The number of pyridine rings is 1. The molecule has 15 heteroatoms. The van der Waals surface area contributed by atoms with Crippen molar-refractivity contribution in [2.75, 3.05) is 15.7 Å². The van der Waals surface area contributed by atoms with Gasteiger partial charge in [0.25, 0.3) is 10.0 Å².